The van der Waals surface area contributed by atoms with Crippen LogP contribution < -0.4 is 5.32 Å². The van der Waals surface area contributed by atoms with Crippen molar-refractivity contribution in [2.75, 3.05) is 6.54 Å². The minimum absolute atomic E-state index is 0.233. The standard InChI is InChI=1S/C10H13N5O3/c16-8(10(9(17)18)4-1-2-5-10)11-6-3-7-12-14-15-13-7/h1-2H,3-6H2,(H,11,16)(H,17,18)(H,12,13,14,15). The molecule has 8 nitrogen and oxygen atoms in total. The van der Waals surface area contributed by atoms with Gasteiger partial charge < -0.3 is 10.4 Å². The first-order valence-corrected chi connectivity index (χ1v) is 5.54. The van der Waals surface area contributed by atoms with Crippen LogP contribution in [-0.2, 0) is 16.0 Å². The number of aromatic amines is 1. The Labute approximate surface area is 102 Å². The molecule has 96 valence electrons. The normalized spacial score (nSPS) is 16.7. The van der Waals surface area contributed by atoms with E-state index in [0.29, 0.717) is 12.2 Å². The summed E-state index contributed by atoms with van der Waals surface area (Å²) in [7, 11) is 0. The second kappa shape index (κ2) is 4.94. The van der Waals surface area contributed by atoms with Crippen molar-refractivity contribution in [2.24, 2.45) is 5.41 Å². The summed E-state index contributed by atoms with van der Waals surface area (Å²) in [6.07, 6.45) is 4.30. The Kier molecular flexibility index (Phi) is 3.35. The van der Waals surface area contributed by atoms with Crippen molar-refractivity contribution in [1.82, 2.24) is 25.9 Å². The number of carboxylic acid groups (broad SMARTS) is 1. The van der Waals surface area contributed by atoms with Gasteiger partial charge in [0.25, 0.3) is 0 Å². The molecule has 1 amide bonds. The number of carbonyl (C=O) groups excluding carboxylic acids is 1. The topological polar surface area (TPSA) is 121 Å². The maximum atomic E-state index is 11.9. The maximum absolute atomic E-state index is 11.9. The van der Waals surface area contributed by atoms with Crippen LogP contribution in [-0.4, -0.2) is 44.2 Å². The summed E-state index contributed by atoms with van der Waals surface area (Å²) in [6, 6.07) is 0. The van der Waals surface area contributed by atoms with Gasteiger partial charge in [0.15, 0.2) is 11.2 Å². The molecule has 1 heterocycles. The molecule has 0 radical (unpaired) electrons. The predicted octanol–water partition coefficient (Wildman–Crippen LogP) is -0.721. The average molecular weight is 251 g/mol. The minimum atomic E-state index is -1.35. The van der Waals surface area contributed by atoms with Gasteiger partial charge in [0, 0.05) is 13.0 Å². The van der Waals surface area contributed by atoms with E-state index < -0.39 is 17.3 Å². The number of allylic oxidation sites excluding steroid dienone is 2. The van der Waals surface area contributed by atoms with E-state index in [9.17, 15) is 14.7 Å². The quantitative estimate of drug-likeness (QED) is 0.469. The van der Waals surface area contributed by atoms with Gasteiger partial charge in [0.05, 0.1) is 0 Å². The predicted molar refractivity (Wildman–Crippen MR) is 59.3 cm³/mol. The molecule has 0 atom stereocenters. The number of amides is 1. The Morgan fingerprint density at radius 2 is 2.17 bits per heavy atom. The largest absolute Gasteiger partial charge is 0.480 e. The van der Waals surface area contributed by atoms with Crippen LogP contribution >= 0.6 is 0 Å². The summed E-state index contributed by atoms with van der Waals surface area (Å²) in [5.74, 6) is -1.09. The molecule has 3 N–H and O–H groups in total. The van der Waals surface area contributed by atoms with E-state index in [1.807, 2.05) is 0 Å². The molecule has 18 heavy (non-hydrogen) atoms. The van der Waals surface area contributed by atoms with Crippen molar-refractivity contribution < 1.29 is 14.7 Å². The molecular weight excluding hydrogens is 238 g/mol. The summed E-state index contributed by atoms with van der Waals surface area (Å²) in [5.41, 5.74) is -1.35. The summed E-state index contributed by atoms with van der Waals surface area (Å²) in [5, 5.41) is 24.9. The number of H-pyrrole nitrogens is 1. The highest BCUT2D eigenvalue weighted by molar-refractivity contribution is 6.02. The van der Waals surface area contributed by atoms with Gasteiger partial charge in [0.1, 0.15) is 0 Å². The number of aliphatic carboxylic acids is 1. The highest BCUT2D eigenvalue weighted by atomic mass is 16.4. The van der Waals surface area contributed by atoms with E-state index in [-0.39, 0.29) is 19.4 Å². The molecule has 1 aromatic heterocycles. The zero-order chi connectivity index (χ0) is 13.0. The molecule has 0 saturated carbocycles. The molecule has 0 saturated heterocycles. The monoisotopic (exact) mass is 251 g/mol. The number of hydrogen-bond donors (Lipinski definition) is 3. The van der Waals surface area contributed by atoms with E-state index in [1.165, 1.54) is 0 Å². The number of nitrogens with one attached hydrogen (secondary N) is 2. The lowest BCUT2D eigenvalue weighted by Crippen LogP contribution is -2.45. The molecule has 0 aliphatic heterocycles. The van der Waals surface area contributed by atoms with Crippen LogP contribution in [0.4, 0.5) is 0 Å². The van der Waals surface area contributed by atoms with Crippen molar-refractivity contribution in [2.45, 2.75) is 19.3 Å². The first kappa shape index (κ1) is 12.2. The third-order valence-corrected chi connectivity index (χ3v) is 2.97. The SMILES string of the molecule is O=C(O)C1(C(=O)NCCc2nn[nH]n2)CC=CC1. The summed E-state index contributed by atoms with van der Waals surface area (Å²) in [4.78, 5) is 23.2. The number of hydrogen-bond acceptors (Lipinski definition) is 5. The maximum Gasteiger partial charge on any atom is 0.319 e. The minimum Gasteiger partial charge on any atom is -0.480 e. The Morgan fingerprint density at radius 1 is 1.44 bits per heavy atom. The van der Waals surface area contributed by atoms with Crippen LogP contribution in [0, 0.1) is 5.41 Å². The summed E-state index contributed by atoms with van der Waals surface area (Å²) in [6.45, 7) is 0.285. The smallest absolute Gasteiger partial charge is 0.319 e. The lowest BCUT2D eigenvalue weighted by Gasteiger charge is -2.22. The number of aromatic nitrogens is 4. The highest BCUT2D eigenvalue weighted by Gasteiger charge is 2.46. The molecule has 0 bridgehead atoms. The molecule has 0 unspecified atom stereocenters. The Hall–Kier alpha value is -2.25. The van der Waals surface area contributed by atoms with Crippen LogP contribution in [0.25, 0.3) is 0 Å². The van der Waals surface area contributed by atoms with Crippen LogP contribution in [0.1, 0.15) is 18.7 Å². The fourth-order valence-corrected chi connectivity index (χ4v) is 1.85. The summed E-state index contributed by atoms with van der Waals surface area (Å²) < 4.78 is 0. The Morgan fingerprint density at radius 3 is 2.72 bits per heavy atom. The molecule has 8 heteroatoms. The van der Waals surface area contributed by atoms with Crippen LogP contribution in [0.2, 0.25) is 0 Å². The fourth-order valence-electron chi connectivity index (χ4n) is 1.85. The third-order valence-electron chi connectivity index (χ3n) is 2.97. The second-order valence-electron chi connectivity index (χ2n) is 4.10. The number of rotatable bonds is 5. The van der Waals surface area contributed by atoms with Gasteiger partial charge in [-0.1, -0.05) is 17.4 Å². The Balaban J connectivity index is 1.89. The van der Waals surface area contributed by atoms with Crippen LogP contribution in [0.15, 0.2) is 12.2 Å². The van der Waals surface area contributed by atoms with Crippen molar-refractivity contribution in [3.05, 3.63) is 18.0 Å². The van der Waals surface area contributed by atoms with Gasteiger partial charge in [-0.05, 0) is 12.8 Å². The van der Waals surface area contributed by atoms with Crippen LogP contribution in [0.3, 0.4) is 0 Å². The fraction of sp³-hybridized carbons (Fsp3) is 0.500. The molecular formula is C10H13N5O3. The number of nitrogens with zero attached hydrogens (tertiary/aromatic N) is 3. The number of carboxylic acids is 1. The van der Waals surface area contributed by atoms with Crippen molar-refractivity contribution in [1.29, 1.82) is 0 Å². The van der Waals surface area contributed by atoms with Gasteiger partial charge in [0.2, 0.25) is 5.91 Å². The zero-order valence-electron chi connectivity index (χ0n) is 9.59. The molecule has 1 aliphatic carbocycles. The van der Waals surface area contributed by atoms with Crippen molar-refractivity contribution in [3.63, 3.8) is 0 Å². The van der Waals surface area contributed by atoms with Gasteiger partial charge in [-0.15, -0.1) is 10.2 Å². The van der Waals surface area contributed by atoms with E-state index >= 15 is 0 Å². The number of carbonyl (C=O) groups is 2. The molecule has 1 aliphatic rings. The van der Waals surface area contributed by atoms with Crippen molar-refractivity contribution >= 4 is 11.9 Å². The highest BCUT2D eigenvalue weighted by Crippen LogP contribution is 2.33. The first-order chi connectivity index (χ1) is 8.65. The van der Waals surface area contributed by atoms with Crippen molar-refractivity contribution in [3.8, 4) is 0 Å². The van der Waals surface area contributed by atoms with E-state index in [4.69, 9.17) is 0 Å². The van der Waals surface area contributed by atoms with Gasteiger partial charge in [-0.2, -0.15) is 5.21 Å². The third kappa shape index (κ3) is 2.22. The number of tetrazole rings is 1. The molecule has 0 fully saturated rings. The van der Waals surface area contributed by atoms with Crippen LogP contribution in [0.5, 0.6) is 0 Å². The lowest BCUT2D eigenvalue weighted by molar-refractivity contribution is -0.155. The lowest BCUT2D eigenvalue weighted by atomic mass is 9.84. The second-order valence-corrected chi connectivity index (χ2v) is 4.10. The average Bonchev–Trinajstić information content (AvgIpc) is 3.00. The van der Waals surface area contributed by atoms with E-state index in [0.717, 1.165) is 0 Å². The molecule has 0 aromatic carbocycles. The van der Waals surface area contributed by atoms with Gasteiger partial charge in [-0.3, -0.25) is 9.59 Å². The van der Waals surface area contributed by atoms with Gasteiger partial charge >= 0.3 is 5.97 Å². The Bertz CT molecular complexity index is 460. The van der Waals surface area contributed by atoms with E-state index in [1.54, 1.807) is 12.2 Å². The molecule has 1 aromatic rings. The van der Waals surface area contributed by atoms with E-state index in [2.05, 4.69) is 25.9 Å². The summed E-state index contributed by atoms with van der Waals surface area (Å²) >= 11 is 0. The molecule has 2 rings (SSSR count). The zero-order valence-corrected chi connectivity index (χ0v) is 9.59. The van der Waals surface area contributed by atoms with Gasteiger partial charge in [-0.25, -0.2) is 0 Å². The molecule has 0 spiro atoms. The first-order valence-electron chi connectivity index (χ1n) is 5.54.